The molecule has 20 heavy (non-hydrogen) atoms. The average Bonchev–Trinajstić information content (AvgIpc) is 2.47. The lowest BCUT2D eigenvalue weighted by Gasteiger charge is -2.06. The summed E-state index contributed by atoms with van der Waals surface area (Å²) in [6.45, 7) is 0. The molecule has 0 saturated carbocycles. The molecule has 0 atom stereocenters. The van der Waals surface area contributed by atoms with E-state index in [1.165, 1.54) is 30.6 Å². The van der Waals surface area contributed by atoms with E-state index >= 15 is 0 Å². The number of nitrogens with one attached hydrogen (secondary N) is 2. The van der Waals surface area contributed by atoms with Gasteiger partial charge in [0.1, 0.15) is 5.56 Å². The van der Waals surface area contributed by atoms with Crippen LogP contribution in [0.2, 0.25) is 0 Å². The lowest BCUT2D eigenvalue weighted by Crippen LogP contribution is -2.16. The molecule has 9 heteroatoms. The van der Waals surface area contributed by atoms with Crippen molar-refractivity contribution < 1.29 is 9.72 Å². The number of hydrogen-bond donors (Lipinski definition) is 2. The molecule has 0 aliphatic heterocycles. The Kier molecular flexibility index (Phi) is 3.80. The first kappa shape index (κ1) is 13.3. The third-order valence-corrected chi connectivity index (χ3v) is 2.43. The van der Waals surface area contributed by atoms with Gasteiger partial charge in [0.25, 0.3) is 11.6 Å². The van der Waals surface area contributed by atoms with E-state index in [2.05, 4.69) is 25.8 Å². The molecule has 0 saturated heterocycles. The van der Waals surface area contributed by atoms with Gasteiger partial charge in [-0.1, -0.05) is 0 Å². The minimum atomic E-state index is -0.679. The number of nitrogens with zero attached hydrogens (tertiary/aromatic N) is 4. The van der Waals surface area contributed by atoms with Gasteiger partial charge in [-0.2, -0.15) is 5.10 Å². The first-order valence-electron chi connectivity index (χ1n) is 5.53. The van der Waals surface area contributed by atoms with Crippen LogP contribution in [0.25, 0.3) is 0 Å². The van der Waals surface area contributed by atoms with Crippen molar-refractivity contribution in [1.29, 1.82) is 0 Å². The summed E-state index contributed by atoms with van der Waals surface area (Å²) in [5.41, 5.74) is 0.188. The molecule has 1 aromatic heterocycles. The summed E-state index contributed by atoms with van der Waals surface area (Å²) in [4.78, 5) is 26.1. The topological polar surface area (TPSA) is 123 Å². The van der Waals surface area contributed by atoms with Gasteiger partial charge < -0.3 is 5.32 Å². The van der Waals surface area contributed by atoms with Crippen LogP contribution in [0.5, 0.6) is 0 Å². The van der Waals surface area contributed by atoms with Gasteiger partial charge in [0.15, 0.2) is 0 Å². The zero-order valence-electron chi connectivity index (χ0n) is 10.4. The van der Waals surface area contributed by atoms with Crippen molar-refractivity contribution in [3.8, 4) is 0 Å². The van der Waals surface area contributed by atoms with Gasteiger partial charge in [-0.15, -0.1) is 5.10 Å². The number of nitro groups is 1. The number of anilines is 2. The molecule has 102 valence electrons. The Balaban J connectivity index is 2.35. The van der Waals surface area contributed by atoms with Gasteiger partial charge in [0.2, 0.25) is 5.95 Å². The Morgan fingerprint density at radius 3 is 2.75 bits per heavy atom. The number of benzene rings is 1. The summed E-state index contributed by atoms with van der Waals surface area (Å²) in [6, 6.07) is 4.14. The molecule has 0 aliphatic rings. The van der Waals surface area contributed by atoms with Crippen LogP contribution in [-0.4, -0.2) is 33.1 Å². The Morgan fingerprint density at radius 1 is 1.35 bits per heavy atom. The second-order valence-electron chi connectivity index (χ2n) is 3.66. The van der Waals surface area contributed by atoms with Crippen molar-refractivity contribution in [2.75, 3.05) is 17.7 Å². The number of rotatable bonds is 4. The van der Waals surface area contributed by atoms with E-state index in [4.69, 9.17) is 0 Å². The maximum absolute atomic E-state index is 12.1. The molecule has 0 spiro atoms. The van der Waals surface area contributed by atoms with Crippen LogP contribution in [-0.2, 0) is 0 Å². The zero-order valence-corrected chi connectivity index (χ0v) is 10.4. The number of hydrogen-bond acceptors (Lipinski definition) is 7. The molecule has 9 nitrogen and oxygen atoms in total. The normalized spacial score (nSPS) is 9.85. The number of aromatic nitrogens is 3. The Labute approximate surface area is 113 Å². The highest BCUT2D eigenvalue weighted by molar-refractivity contribution is 6.06. The second kappa shape index (κ2) is 5.69. The van der Waals surface area contributed by atoms with E-state index in [9.17, 15) is 14.9 Å². The largest absolute Gasteiger partial charge is 0.388 e. The van der Waals surface area contributed by atoms with Crippen LogP contribution < -0.4 is 10.6 Å². The van der Waals surface area contributed by atoms with Crippen molar-refractivity contribution in [2.45, 2.75) is 0 Å². The molecule has 2 N–H and O–H groups in total. The van der Waals surface area contributed by atoms with Crippen molar-refractivity contribution in [2.24, 2.45) is 0 Å². The molecule has 2 rings (SSSR count). The summed E-state index contributed by atoms with van der Waals surface area (Å²) in [5.74, 6) is -0.705. The second-order valence-corrected chi connectivity index (χ2v) is 3.66. The van der Waals surface area contributed by atoms with Gasteiger partial charge >= 0.3 is 0 Å². The van der Waals surface area contributed by atoms with E-state index in [0.717, 1.165) is 0 Å². The fourth-order valence-electron chi connectivity index (χ4n) is 1.51. The summed E-state index contributed by atoms with van der Waals surface area (Å²) in [5, 5.41) is 23.2. The summed E-state index contributed by atoms with van der Waals surface area (Å²) in [7, 11) is 1.65. The van der Waals surface area contributed by atoms with Gasteiger partial charge in [-0.25, -0.2) is 4.98 Å². The highest BCUT2D eigenvalue weighted by atomic mass is 16.6. The number of amides is 1. The molecule has 0 bridgehead atoms. The SMILES string of the molecule is CNc1ccc([N+](=O)[O-])c(C(=O)Nc2nccnn2)c1. The quantitative estimate of drug-likeness (QED) is 0.631. The van der Waals surface area contributed by atoms with E-state index in [0.29, 0.717) is 5.69 Å². The van der Waals surface area contributed by atoms with Crippen LogP contribution in [0.15, 0.2) is 30.6 Å². The lowest BCUT2D eigenvalue weighted by atomic mass is 10.1. The van der Waals surface area contributed by atoms with Gasteiger partial charge in [-0.3, -0.25) is 20.2 Å². The van der Waals surface area contributed by atoms with Crippen molar-refractivity contribution in [3.05, 3.63) is 46.3 Å². The van der Waals surface area contributed by atoms with E-state index < -0.39 is 10.8 Å². The van der Waals surface area contributed by atoms with Crippen LogP contribution >= 0.6 is 0 Å². The molecular weight excluding hydrogens is 264 g/mol. The van der Waals surface area contributed by atoms with E-state index in [-0.39, 0.29) is 17.2 Å². The van der Waals surface area contributed by atoms with Crippen molar-refractivity contribution in [1.82, 2.24) is 15.2 Å². The first-order valence-corrected chi connectivity index (χ1v) is 5.53. The summed E-state index contributed by atoms with van der Waals surface area (Å²) in [6.07, 6.45) is 2.70. The maximum Gasteiger partial charge on any atom is 0.282 e. The fourth-order valence-corrected chi connectivity index (χ4v) is 1.51. The van der Waals surface area contributed by atoms with Crippen LogP contribution in [0.1, 0.15) is 10.4 Å². The molecule has 0 unspecified atom stereocenters. The first-order chi connectivity index (χ1) is 9.61. The molecule has 1 aromatic carbocycles. The Bertz CT molecular complexity index is 646. The minimum absolute atomic E-state index is 0.0262. The smallest absolute Gasteiger partial charge is 0.282 e. The molecular formula is C11H10N6O3. The lowest BCUT2D eigenvalue weighted by molar-refractivity contribution is -0.385. The molecule has 0 aliphatic carbocycles. The standard InChI is InChI=1S/C11H10N6O3/c1-12-7-2-3-9(17(19)20)8(6-7)10(18)15-11-13-4-5-14-16-11/h2-6,12H,1H3,(H,13,15,16,18). The summed E-state index contributed by atoms with van der Waals surface area (Å²) < 4.78 is 0. The van der Waals surface area contributed by atoms with Gasteiger partial charge in [0.05, 0.1) is 17.3 Å². The Morgan fingerprint density at radius 2 is 2.15 bits per heavy atom. The van der Waals surface area contributed by atoms with Crippen molar-refractivity contribution in [3.63, 3.8) is 0 Å². The van der Waals surface area contributed by atoms with Gasteiger partial charge in [-0.05, 0) is 12.1 Å². The monoisotopic (exact) mass is 274 g/mol. The van der Waals surface area contributed by atoms with E-state index in [1.54, 1.807) is 7.05 Å². The highest BCUT2D eigenvalue weighted by Crippen LogP contribution is 2.23. The molecule has 0 fully saturated rings. The van der Waals surface area contributed by atoms with Crippen molar-refractivity contribution >= 4 is 23.2 Å². The van der Waals surface area contributed by atoms with Crippen LogP contribution in [0, 0.1) is 10.1 Å². The minimum Gasteiger partial charge on any atom is -0.388 e. The third-order valence-electron chi connectivity index (χ3n) is 2.43. The maximum atomic E-state index is 12.1. The van der Waals surface area contributed by atoms with Gasteiger partial charge in [0, 0.05) is 18.8 Å². The highest BCUT2D eigenvalue weighted by Gasteiger charge is 2.21. The average molecular weight is 274 g/mol. The molecule has 2 aromatic rings. The molecule has 0 radical (unpaired) electrons. The molecule has 1 amide bonds. The zero-order chi connectivity index (χ0) is 14.5. The van der Waals surface area contributed by atoms with Crippen LogP contribution in [0.4, 0.5) is 17.3 Å². The molecule has 1 heterocycles. The number of carbonyl (C=O) groups is 1. The van der Waals surface area contributed by atoms with Crippen LogP contribution in [0.3, 0.4) is 0 Å². The number of nitro benzene ring substituents is 1. The predicted octanol–water partition coefficient (Wildman–Crippen LogP) is 1.07. The third kappa shape index (κ3) is 2.83. The van der Waals surface area contributed by atoms with E-state index in [1.807, 2.05) is 0 Å². The predicted molar refractivity (Wildman–Crippen MR) is 70.4 cm³/mol. The Hall–Kier alpha value is -3.10. The number of carbonyl (C=O) groups excluding carboxylic acids is 1. The fraction of sp³-hybridized carbons (Fsp3) is 0.0909. The summed E-state index contributed by atoms with van der Waals surface area (Å²) >= 11 is 0.